The van der Waals surface area contributed by atoms with Gasteiger partial charge in [0.05, 0.1) is 0 Å². The van der Waals surface area contributed by atoms with Gasteiger partial charge in [-0.25, -0.2) is 0 Å². The van der Waals surface area contributed by atoms with Crippen LogP contribution in [0.15, 0.2) is 24.3 Å². The molecule has 0 heterocycles. The van der Waals surface area contributed by atoms with Crippen molar-refractivity contribution in [2.75, 3.05) is 13.1 Å². The Kier molecular flexibility index (Phi) is 6.50. The maximum absolute atomic E-state index is 11.9. The number of carbonyl (C=O) groups is 1. The molecule has 0 radical (unpaired) electrons. The smallest absolute Gasteiger partial charge is 0.406 e. The summed E-state index contributed by atoms with van der Waals surface area (Å²) in [5.41, 5.74) is 5.43. The summed E-state index contributed by atoms with van der Waals surface area (Å²) in [5, 5.41) is 2.49. The number of hydrogen-bond donors (Lipinski definition) is 2. The van der Waals surface area contributed by atoms with Gasteiger partial charge in [-0.1, -0.05) is 0 Å². The first-order chi connectivity index (χ1) is 7.92. The molecule has 3 N–H and O–H groups in total. The van der Waals surface area contributed by atoms with Crippen LogP contribution < -0.4 is 15.8 Å². The average molecular weight is 285 g/mol. The standard InChI is InChI=1S/C10H11F3N2O2.ClH/c11-10(12,13)17-8-3-1-7(2-4-8)9(16)15-6-5-14;/h1-4H,5-6,14H2,(H,15,16);1H. The van der Waals surface area contributed by atoms with E-state index in [0.717, 1.165) is 12.1 Å². The fourth-order valence-electron chi connectivity index (χ4n) is 1.10. The number of nitrogens with one attached hydrogen (secondary N) is 1. The van der Waals surface area contributed by atoms with E-state index < -0.39 is 12.3 Å². The van der Waals surface area contributed by atoms with Crippen molar-refractivity contribution in [3.8, 4) is 5.75 Å². The summed E-state index contributed by atoms with van der Waals surface area (Å²) >= 11 is 0. The van der Waals surface area contributed by atoms with Crippen molar-refractivity contribution in [2.45, 2.75) is 6.36 Å². The first-order valence-corrected chi connectivity index (χ1v) is 4.76. The van der Waals surface area contributed by atoms with Gasteiger partial charge in [0.25, 0.3) is 5.91 Å². The number of nitrogens with two attached hydrogens (primary N) is 1. The molecule has 1 aromatic rings. The van der Waals surface area contributed by atoms with E-state index in [1.807, 2.05) is 0 Å². The molecule has 0 spiro atoms. The largest absolute Gasteiger partial charge is 0.573 e. The fourth-order valence-corrected chi connectivity index (χ4v) is 1.10. The average Bonchev–Trinajstić information content (AvgIpc) is 2.24. The fraction of sp³-hybridized carbons (Fsp3) is 0.300. The van der Waals surface area contributed by atoms with Crippen LogP contribution in [0, 0.1) is 0 Å². The molecule has 1 aromatic carbocycles. The molecule has 0 aliphatic heterocycles. The van der Waals surface area contributed by atoms with Gasteiger partial charge >= 0.3 is 6.36 Å². The molecule has 0 saturated heterocycles. The lowest BCUT2D eigenvalue weighted by atomic mass is 10.2. The first kappa shape index (κ1) is 16.5. The van der Waals surface area contributed by atoms with Crippen LogP contribution in [-0.2, 0) is 0 Å². The summed E-state index contributed by atoms with van der Waals surface area (Å²) < 4.78 is 39.2. The second-order valence-electron chi connectivity index (χ2n) is 3.12. The topological polar surface area (TPSA) is 64.3 Å². The van der Waals surface area contributed by atoms with Crippen LogP contribution in [0.5, 0.6) is 5.75 Å². The minimum atomic E-state index is -4.73. The quantitative estimate of drug-likeness (QED) is 0.884. The Morgan fingerprint density at radius 2 is 1.83 bits per heavy atom. The maximum atomic E-state index is 11.9. The van der Waals surface area contributed by atoms with Crippen LogP contribution in [0.4, 0.5) is 13.2 Å². The third-order valence-electron chi connectivity index (χ3n) is 1.78. The lowest BCUT2D eigenvalue weighted by molar-refractivity contribution is -0.274. The van der Waals surface area contributed by atoms with Gasteiger partial charge in [0.1, 0.15) is 5.75 Å². The molecule has 18 heavy (non-hydrogen) atoms. The van der Waals surface area contributed by atoms with E-state index in [0.29, 0.717) is 13.1 Å². The summed E-state index contributed by atoms with van der Waals surface area (Å²) in [6.07, 6.45) is -4.73. The molecule has 0 fully saturated rings. The zero-order valence-corrected chi connectivity index (χ0v) is 9.98. The van der Waals surface area contributed by atoms with Crippen LogP contribution in [0.1, 0.15) is 10.4 Å². The Balaban J connectivity index is 0.00000289. The van der Waals surface area contributed by atoms with Crippen molar-refractivity contribution in [1.29, 1.82) is 0 Å². The van der Waals surface area contributed by atoms with Crippen LogP contribution in [0.3, 0.4) is 0 Å². The highest BCUT2D eigenvalue weighted by Gasteiger charge is 2.30. The van der Waals surface area contributed by atoms with Gasteiger partial charge in [-0.05, 0) is 24.3 Å². The van der Waals surface area contributed by atoms with Crippen LogP contribution in [-0.4, -0.2) is 25.4 Å². The predicted octanol–water partition coefficient (Wildman–Crippen LogP) is 1.70. The molecule has 102 valence electrons. The predicted molar refractivity (Wildman–Crippen MR) is 61.8 cm³/mol. The van der Waals surface area contributed by atoms with Gasteiger partial charge in [-0.3, -0.25) is 4.79 Å². The molecule has 0 aromatic heterocycles. The SMILES string of the molecule is Cl.NCCNC(=O)c1ccc(OC(F)(F)F)cc1. The molecule has 8 heteroatoms. The van der Waals surface area contributed by atoms with Crippen molar-refractivity contribution in [2.24, 2.45) is 5.73 Å². The van der Waals surface area contributed by atoms with Crippen molar-refractivity contribution >= 4 is 18.3 Å². The van der Waals surface area contributed by atoms with E-state index in [1.165, 1.54) is 12.1 Å². The van der Waals surface area contributed by atoms with Crippen molar-refractivity contribution in [1.82, 2.24) is 5.32 Å². The first-order valence-electron chi connectivity index (χ1n) is 4.76. The van der Waals surface area contributed by atoms with E-state index in [4.69, 9.17) is 5.73 Å². The minimum Gasteiger partial charge on any atom is -0.406 e. The molecular weight excluding hydrogens is 273 g/mol. The van der Waals surface area contributed by atoms with E-state index in [1.54, 1.807) is 0 Å². The molecule has 0 unspecified atom stereocenters. The number of amides is 1. The number of alkyl halides is 3. The Labute approximate surface area is 108 Å². The second kappa shape index (κ2) is 7.07. The molecule has 0 atom stereocenters. The Bertz CT molecular complexity index is 382. The second-order valence-corrected chi connectivity index (χ2v) is 3.12. The highest BCUT2D eigenvalue weighted by atomic mass is 35.5. The molecule has 0 bridgehead atoms. The minimum absolute atomic E-state index is 0. The molecule has 4 nitrogen and oxygen atoms in total. The van der Waals surface area contributed by atoms with Crippen molar-refractivity contribution < 1.29 is 22.7 Å². The van der Waals surface area contributed by atoms with Crippen molar-refractivity contribution in [3.05, 3.63) is 29.8 Å². The number of halogens is 4. The lowest BCUT2D eigenvalue weighted by Crippen LogP contribution is -2.28. The summed E-state index contributed by atoms with van der Waals surface area (Å²) in [4.78, 5) is 11.4. The number of carbonyl (C=O) groups excluding carboxylic acids is 1. The zero-order chi connectivity index (χ0) is 12.9. The van der Waals surface area contributed by atoms with Gasteiger partial charge < -0.3 is 15.8 Å². The van der Waals surface area contributed by atoms with E-state index >= 15 is 0 Å². The van der Waals surface area contributed by atoms with Gasteiger partial charge in [0.15, 0.2) is 0 Å². The van der Waals surface area contributed by atoms with Gasteiger partial charge in [-0.2, -0.15) is 0 Å². The Hall–Kier alpha value is -1.47. The number of rotatable bonds is 4. The van der Waals surface area contributed by atoms with E-state index in [-0.39, 0.29) is 23.7 Å². The summed E-state index contributed by atoms with van der Waals surface area (Å²) in [6, 6.07) is 4.63. The third-order valence-corrected chi connectivity index (χ3v) is 1.78. The van der Waals surface area contributed by atoms with Crippen LogP contribution >= 0.6 is 12.4 Å². The normalized spacial score (nSPS) is 10.4. The Morgan fingerprint density at radius 1 is 1.28 bits per heavy atom. The lowest BCUT2D eigenvalue weighted by Gasteiger charge is -2.09. The van der Waals surface area contributed by atoms with Gasteiger partial charge in [-0.15, -0.1) is 25.6 Å². The maximum Gasteiger partial charge on any atom is 0.573 e. The van der Waals surface area contributed by atoms with Crippen LogP contribution in [0.25, 0.3) is 0 Å². The number of benzene rings is 1. The molecule has 0 aliphatic carbocycles. The zero-order valence-electron chi connectivity index (χ0n) is 9.16. The van der Waals surface area contributed by atoms with E-state index in [9.17, 15) is 18.0 Å². The summed E-state index contributed by atoms with van der Waals surface area (Å²) in [6.45, 7) is 0.598. The highest BCUT2D eigenvalue weighted by Crippen LogP contribution is 2.22. The summed E-state index contributed by atoms with van der Waals surface area (Å²) in [5.74, 6) is -0.762. The molecule has 1 amide bonds. The van der Waals surface area contributed by atoms with Crippen LogP contribution in [0.2, 0.25) is 0 Å². The van der Waals surface area contributed by atoms with Gasteiger partial charge in [0, 0.05) is 18.7 Å². The van der Waals surface area contributed by atoms with Gasteiger partial charge in [0.2, 0.25) is 0 Å². The Morgan fingerprint density at radius 3 is 2.28 bits per heavy atom. The van der Waals surface area contributed by atoms with Crippen molar-refractivity contribution in [3.63, 3.8) is 0 Å². The molecule has 1 rings (SSSR count). The summed E-state index contributed by atoms with van der Waals surface area (Å²) in [7, 11) is 0. The molecular formula is C10H12ClF3N2O2. The number of hydrogen-bond acceptors (Lipinski definition) is 3. The molecule has 0 saturated carbocycles. The molecule has 0 aliphatic rings. The number of ether oxygens (including phenoxy) is 1. The third kappa shape index (κ3) is 5.74. The monoisotopic (exact) mass is 284 g/mol. The highest BCUT2D eigenvalue weighted by molar-refractivity contribution is 5.94. The van der Waals surface area contributed by atoms with E-state index in [2.05, 4.69) is 10.1 Å².